The molecule has 4 aromatic rings. The number of nitrogens with zero attached hydrogens (tertiary/aromatic N) is 4. The van der Waals surface area contributed by atoms with Gasteiger partial charge in [0.25, 0.3) is 5.56 Å². The van der Waals surface area contributed by atoms with Crippen molar-refractivity contribution < 1.29 is 0 Å². The maximum atomic E-state index is 12.0. The number of para-hydroxylation sites is 1. The minimum absolute atomic E-state index is 0.124. The van der Waals surface area contributed by atoms with E-state index >= 15 is 0 Å². The second kappa shape index (κ2) is 7.94. The van der Waals surface area contributed by atoms with Crippen LogP contribution in [0, 0.1) is 13.8 Å². The lowest BCUT2D eigenvalue weighted by Gasteiger charge is -2.15. The fourth-order valence-corrected chi connectivity index (χ4v) is 3.21. The Morgan fingerprint density at radius 2 is 1.87 bits per heavy atom. The van der Waals surface area contributed by atoms with Crippen LogP contribution in [0.1, 0.15) is 16.8 Å². The summed E-state index contributed by atoms with van der Waals surface area (Å²) in [6, 6.07) is 14.0. The number of benzene rings is 1. The third-order valence-corrected chi connectivity index (χ3v) is 5.14. The number of aryl methyl sites for hydroxylation is 1. The smallest absolute Gasteiger partial charge is 0.254 e. The maximum absolute atomic E-state index is 12.0. The van der Waals surface area contributed by atoms with E-state index < -0.39 is 0 Å². The van der Waals surface area contributed by atoms with E-state index in [9.17, 15) is 4.79 Å². The highest BCUT2D eigenvalue weighted by Gasteiger charge is 2.09. The van der Waals surface area contributed by atoms with Crippen molar-refractivity contribution in [2.24, 2.45) is 0 Å². The Balaban J connectivity index is 1.57. The molecule has 2 N–H and O–H groups in total. The molecule has 0 aliphatic carbocycles. The van der Waals surface area contributed by atoms with Crippen molar-refractivity contribution in [3.05, 3.63) is 75.8 Å². The van der Waals surface area contributed by atoms with E-state index in [0.29, 0.717) is 17.9 Å². The topological polar surface area (TPSA) is 86.8 Å². The van der Waals surface area contributed by atoms with Crippen LogP contribution in [0.2, 0.25) is 0 Å². The molecule has 4 rings (SSSR count). The number of fused-ring (bicyclic) bond motifs is 1. The summed E-state index contributed by atoms with van der Waals surface area (Å²) in [5.41, 5.74) is 4.11. The second-order valence-corrected chi connectivity index (χ2v) is 7.46. The molecule has 0 amide bonds. The van der Waals surface area contributed by atoms with Gasteiger partial charge in [-0.1, -0.05) is 18.2 Å². The molecule has 0 radical (unpaired) electrons. The number of rotatable bonds is 5. The predicted octanol–water partition coefficient (Wildman–Crippen LogP) is 3.68. The summed E-state index contributed by atoms with van der Waals surface area (Å²) in [5, 5.41) is 4.49. The molecule has 152 valence electrons. The fourth-order valence-electron chi connectivity index (χ4n) is 3.21. The van der Waals surface area contributed by atoms with Gasteiger partial charge in [0.2, 0.25) is 0 Å². The number of nitrogens with one attached hydrogen (secondary N) is 2. The number of anilines is 2. The maximum Gasteiger partial charge on any atom is 0.254 e. The quantitative estimate of drug-likeness (QED) is 0.531. The number of aromatic nitrogens is 4. The Kier molecular flexibility index (Phi) is 5.18. The summed E-state index contributed by atoms with van der Waals surface area (Å²) in [6.45, 7) is 4.22. The molecular formula is C23H24N6O. The lowest BCUT2D eigenvalue weighted by atomic mass is 10.1. The summed E-state index contributed by atoms with van der Waals surface area (Å²) in [7, 11) is 3.97. The van der Waals surface area contributed by atoms with Crippen molar-refractivity contribution in [1.82, 2.24) is 19.9 Å². The Morgan fingerprint density at radius 1 is 1.07 bits per heavy atom. The first-order valence-corrected chi connectivity index (χ1v) is 9.76. The highest BCUT2D eigenvalue weighted by Crippen LogP contribution is 2.23. The Labute approximate surface area is 174 Å². The Hall–Kier alpha value is -3.74. The molecule has 0 aliphatic heterocycles. The van der Waals surface area contributed by atoms with Crippen LogP contribution in [0.15, 0.2) is 53.5 Å². The van der Waals surface area contributed by atoms with E-state index in [1.807, 2.05) is 56.3 Å². The van der Waals surface area contributed by atoms with Gasteiger partial charge in [-0.2, -0.15) is 0 Å². The molecule has 3 aromatic heterocycles. The van der Waals surface area contributed by atoms with Gasteiger partial charge in [0.1, 0.15) is 17.5 Å². The van der Waals surface area contributed by atoms with Crippen molar-refractivity contribution in [2.45, 2.75) is 20.4 Å². The molecule has 7 heteroatoms. The normalized spacial score (nSPS) is 10.9. The van der Waals surface area contributed by atoms with Gasteiger partial charge in [-0.25, -0.2) is 15.0 Å². The zero-order valence-electron chi connectivity index (χ0n) is 17.5. The lowest BCUT2D eigenvalue weighted by Crippen LogP contribution is -2.14. The van der Waals surface area contributed by atoms with Crippen LogP contribution < -0.4 is 15.8 Å². The molecule has 0 spiro atoms. The zero-order valence-corrected chi connectivity index (χ0v) is 17.5. The second-order valence-electron chi connectivity index (χ2n) is 7.46. The van der Waals surface area contributed by atoms with Gasteiger partial charge in [-0.05, 0) is 43.7 Å². The minimum atomic E-state index is -0.124. The summed E-state index contributed by atoms with van der Waals surface area (Å²) in [6.07, 6.45) is 1.71. The van der Waals surface area contributed by atoms with E-state index in [1.54, 1.807) is 13.1 Å². The standard InChI is InChI=1S/C23H24N6O/c1-14-15(2)26-22(28-23(14)30)16-9-10-20(24-12-16)25-13-17-11-21(29(3)4)27-19-8-6-5-7-18(17)19/h5-12H,13H2,1-4H3,(H,24,25)(H,26,28,30). The molecular weight excluding hydrogens is 376 g/mol. The van der Waals surface area contributed by atoms with Gasteiger partial charge >= 0.3 is 0 Å². The van der Waals surface area contributed by atoms with E-state index in [4.69, 9.17) is 4.98 Å². The summed E-state index contributed by atoms with van der Waals surface area (Å²) in [4.78, 5) is 30.5. The fraction of sp³-hybridized carbons (Fsp3) is 0.217. The number of pyridine rings is 2. The van der Waals surface area contributed by atoms with Crippen molar-refractivity contribution >= 4 is 22.5 Å². The average molecular weight is 400 g/mol. The van der Waals surface area contributed by atoms with Gasteiger partial charge in [0.15, 0.2) is 0 Å². The largest absolute Gasteiger partial charge is 0.366 e. The zero-order chi connectivity index (χ0) is 21.3. The van der Waals surface area contributed by atoms with Crippen LogP contribution in [0.5, 0.6) is 0 Å². The molecule has 0 saturated carbocycles. The van der Waals surface area contributed by atoms with Gasteiger partial charge < -0.3 is 15.2 Å². The molecule has 0 saturated heterocycles. The van der Waals surface area contributed by atoms with Crippen LogP contribution in [-0.4, -0.2) is 34.0 Å². The minimum Gasteiger partial charge on any atom is -0.366 e. The van der Waals surface area contributed by atoms with E-state index in [1.165, 1.54) is 0 Å². The molecule has 0 atom stereocenters. The van der Waals surface area contributed by atoms with Gasteiger partial charge in [0, 0.05) is 49.0 Å². The predicted molar refractivity (Wildman–Crippen MR) is 121 cm³/mol. The molecule has 0 fully saturated rings. The van der Waals surface area contributed by atoms with Crippen LogP contribution in [0.4, 0.5) is 11.6 Å². The molecule has 1 aromatic carbocycles. The first-order chi connectivity index (χ1) is 14.4. The first-order valence-electron chi connectivity index (χ1n) is 9.76. The van der Waals surface area contributed by atoms with E-state index in [-0.39, 0.29) is 5.56 Å². The van der Waals surface area contributed by atoms with Crippen molar-refractivity contribution in [3.8, 4) is 11.4 Å². The SMILES string of the molecule is Cc1nc(-c2ccc(NCc3cc(N(C)C)nc4ccccc34)nc2)[nH]c(=O)c1C. The van der Waals surface area contributed by atoms with Gasteiger partial charge in [-0.15, -0.1) is 0 Å². The van der Waals surface area contributed by atoms with Crippen LogP contribution in [0.3, 0.4) is 0 Å². The number of H-pyrrole nitrogens is 1. The van der Waals surface area contributed by atoms with Gasteiger partial charge in [0.05, 0.1) is 5.52 Å². The molecule has 7 nitrogen and oxygen atoms in total. The van der Waals surface area contributed by atoms with E-state index in [0.717, 1.165) is 39.4 Å². The summed E-state index contributed by atoms with van der Waals surface area (Å²) in [5.74, 6) is 2.19. The van der Waals surface area contributed by atoms with Crippen molar-refractivity contribution in [2.75, 3.05) is 24.3 Å². The lowest BCUT2D eigenvalue weighted by molar-refractivity contribution is 1.03. The average Bonchev–Trinajstić information content (AvgIpc) is 2.75. The molecule has 3 heterocycles. The Bertz CT molecular complexity index is 1260. The third kappa shape index (κ3) is 3.87. The van der Waals surface area contributed by atoms with Crippen molar-refractivity contribution in [3.63, 3.8) is 0 Å². The van der Waals surface area contributed by atoms with Crippen LogP contribution in [0.25, 0.3) is 22.3 Å². The van der Waals surface area contributed by atoms with Crippen LogP contribution >= 0.6 is 0 Å². The summed E-state index contributed by atoms with van der Waals surface area (Å²) >= 11 is 0. The highest BCUT2D eigenvalue weighted by molar-refractivity contribution is 5.84. The molecule has 30 heavy (non-hydrogen) atoms. The van der Waals surface area contributed by atoms with Crippen LogP contribution in [-0.2, 0) is 6.54 Å². The van der Waals surface area contributed by atoms with Gasteiger partial charge in [-0.3, -0.25) is 4.79 Å². The Morgan fingerprint density at radius 3 is 2.57 bits per heavy atom. The number of hydrogen-bond donors (Lipinski definition) is 2. The monoisotopic (exact) mass is 400 g/mol. The van der Waals surface area contributed by atoms with E-state index in [2.05, 4.69) is 32.4 Å². The third-order valence-electron chi connectivity index (χ3n) is 5.14. The molecule has 0 bridgehead atoms. The summed E-state index contributed by atoms with van der Waals surface area (Å²) < 4.78 is 0. The molecule has 0 unspecified atom stereocenters. The van der Waals surface area contributed by atoms with Crippen molar-refractivity contribution in [1.29, 1.82) is 0 Å². The highest BCUT2D eigenvalue weighted by atomic mass is 16.1. The first kappa shape index (κ1) is 19.6. The molecule has 0 aliphatic rings. The number of hydrogen-bond acceptors (Lipinski definition) is 6. The number of aromatic amines is 1.